The van der Waals surface area contributed by atoms with Crippen LogP contribution in [0.4, 0.5) is 11.6 Å². The Morgan fingerprint density at radius 1 is 0.560 bits per heavy atom. The molecule has 2 N–H and O–H groups in total. The van der Waals surface area contributed by atoms with E-state index in [4.69, 9.17) is 38.2 Å². The summed E-state index contributed by atoms with van der Waals surface area (Å²) in [7, 11) is -5.51. The molecule has 8 aromatic heterocycles. The molecule has 0 bridgehead atoms. The van der Waals surface area contributed by atoms with Crippen LogP contribution in [0.15, 0.2) is 94.3 Å². The van der Waals surface area contributed by atoms with Crippen LogP contribution in [0.2, 0.25) is 0 Å². The summed E-state index contributed by atoms with van der Waals surface area (Å²) in [6.45, 7) is 7.05. The fourth-order valence-electron chi connectivity index (χ4n) is 10.1. The number of nitrogens with one attached hydrogen (secondary N) is 2. The molecule has 4 aliphatic heterocycles. The number of benzene rings is 2. The van der Waals surface area contributed by atoms with E-state index in [1.54, 1.807) is 12.3 Å². The molecule has 386 valence electrons. The molecule has 0 spiro atoms. The zero-order valence-electron chi connectivity index (χ0n) is 40.9. The molecule has 22 heteroatoms. The molecule has 0 unspecified atom stereocenters. The van der Waals surface area contributed by atoms with Gasteiger partial charge in [-0.15, -0.1) is 0 Å². The number of furan rings is 2. The minimum atomic E-state index is -2.93. The summed E-state index contributed by atoms with van der Waals surface area (Å²) in [4.78, 5) is 53.0. The first-order chi connectivity index (χ1) is 36.6. The highest BCUT2D eigenvalue weighted by atomic mass is 32.2. The van der Waals surface area contributed by atoms with Gasteiger partial charge in [0, 0.05) is 109 Å². The Labute approximate surface area is 430 Å². The van der Waals surface area contributed by atoms with Crippen molar-refractivity contribution in [3.8, 4) is 22.8 Å². The van der Waals surface area contributed by atoms with Crippen LogP contribution in [0, 0.1) is 0 Å². The van der Waals surface area contributed by atoms with Gasteiger partial charge in [0.15, 0.2) is 50.6 Å². The fourth-order valence-corrected chi connectivity index (χ4v) is 12.9. The molecular formula is C53H53N11O9S2. The van der Waals surface area contributed by atoms with Crippen LogP contribution in [0.25, 0.3) is 89.0 Å². The van der Waals surface area contributed by atoms with E-state index in [1.807, 2.05) is 60.9 Å². The number of nitrogens with zero attached hydrogens (tertiary/aromatic N) is 9. The highest BCUT2D eigenvalue weighted by Gasteiger charge is 2.27. The summed E-state index contributed by atoms with van der Waals surface area (Å²) in [5.74, 6) is 3.94. The van der Waals surface area contributed by atoms with E-state index in [2.05, 4.69) is 40.7 Å². The van der Waals surface area contributed by atoms with Crippen molar-refractivity contribution in [1.82, 2.24) is 44.8 Å². The maximum Gasteiger partial charge on any atom is 0.229 e. The van der Waals surface area contributed by atoms with Gasteiger partial charge in [0.1, 0.15) is 20.9 Å². The van der Waals surface area contributed by atoms with E-state index >= 15 is 0 Å². The second kappa shape index (κ2) is 20.4. The number of sulfone groups is 2. The smallest absolute Gasteiger partial charge is 0.229 e. The molecule has 20 nitrogen and oxygen atoms in total. The van der Waals surface area contributed by atoms with E-state index in [9.17, 15) is 21.6 Å². The molecule has 4 saturated heterocycles. The predicted molar refractivity (Wildman–Crippen MR) is 287 cm³/mol. The fraction of sp³-hybridized carbons (Fsp3) is 0.340. The van der Waals surface area contributed by atoms with Crippen molar-refractivity contribution < 1.29 is 39.9 Å². The number of anilines is 2. The maximum atomic E-state index is 11.8. The first kappa shape index (κ1) is 48.6. The molecule has 0 aliphatic carbocycles. The highest BCUT2D eigenvalue weighted by Crippen LogP contribution is 2.38. The molecule has 14 rings (SSSR count). The molecule has 4 fully saturated rings. The number of fused-ring (bicyclic) bond motifs is 8. The van der Waals surface area contributed by atoms with E-state index < -0.39 is 19.7 Å². The van der Waals surface area contributed by atoms with Gasteiger partial charge in [-0.05, 0) is 54.8 Å². The Bertz CT molecular complexity index is 3970. The third-order valence-corrected chi connectivity index (χ3v) is 17.5. The number of H-pyrrole nitrogens is 2. The molecule has 0 radical (unpaired) electrons. The van der Waals surface area contributed by atoms with E-state index in [-0.39, 0.29) is 11.5 Å². The Morgan fingerprint density at radius 3 is 1.57 bits per heavy atom. The van der Waals surface area contributed by atoms with Crippen molar-refractivity contribution in [2.24, 2.45) is 0 Å². The zero-order valence-corrected chi connectivity index (χ0v) is 42.5. The van der Waals surface area contributed by atoms with Crippen LogP contribution >= 0.6 is 0 Å². The number of carbonyl (C=O) groups excluding carboxylic acids is 1. The minimum Gasteiger partial charge on any atom is -0.432 e. The third kappa shape index (κ3) is 10.0. The van der Waals surface area contributed by atoms with Crippen LogP contribution in [0.3, 0.4) is 0 Å². The summed E-state index contributed by atoms with van der Waals surface area (Å²) in [5, 5.41) is 3.64. The first-order valence-corrected chi connectivity index (χ1v) is 28.8. The number of ether oxygens (including phenoxy) is 2. The molecule has 0 saturated carbocycles. The number of pyridine rings is 2. The second-order valence-corrected chi connectivity index (χ2v) is 23.7. The van der Waals surface area contributed by atoms with Gasteiger partial charge < -0.3 is 38.1 Å². The number of rotatable bonds is 7. The van der Waals surface area contributed by atoms with Crippen LogP contribution < -0.4 is 9.80 Å². The molecular weight excluding hydrogens is 999 g/mol. The first-order valence-electron chi connectivity index (χ1n) is 25.1. The van der Waals surface area contributed by atoms with Gasteiger partial charge in [-0.25, -0.2) is 46.7 Å². The third-order valence-electron chi connectivity index (χ3n) is 14.1. The zero-order chi connectivity index (χ0) is 51.1. The Hall–Kier alpha value is -7.37. The standard InChI is InChI=1S/C26H26N6O4S.C22H17N5O3.C5H10O2S/c33-37(34)12-8-31(9-13-37)16-17-14-20-22-23(36-26(20)28-15-17)25(32-6-10-35-11-7-32)30-24(29-22)19-2-1-3-21-18(19)4-5-27-21;28-12-13-10-16-18-19(30-22(16)24-11-13)21(27-6-8-29-9-7-27)26-20(25-18)15-2-1-3-17-14(15)4-5-23-17;6-8(7)4-2-1-3-5-8/h1-5,14-15,27H,6-13,16H2;1-5,10-12,23H,6-9H2;1-5H2. The lowest BCUT2D eigenvalue weighted by Crippen LogP contribution is -2.39. The number of morpholine rings is 2. The number of carbonyl (C=O) groups is 1. The van der Waals surface area contributed by atoms with Gasteiger partial charge in [0.05, 0.1) is 60.2 Å². The monoisotopic (exact) mass is 1050 g/mol. The van der Waals surface area contributed by atoms with Crippen LogP contribution in [0.5, 0.6) is 0 Å². The SMILES string of the molecule is O=Cc1cnc2oc3c(N4CCOCC4)nc(-c4cccc5[nH]ccc45)nc3c2c1.O=S1(=O)CCCCC1.O=S1(=O)CCN(Cc2cnc3oc4c(N5CCOCC5)nc(-c5cccc6[nH]ccc56)nc4c3c2)CC1. The van der Waals surface area contributed by atoms with E-state index in [0.717, 1.165) is 86.6 Å². The highest BCUT2D eigenvalue weighted by molar-refractivity contribution is 7.91. The molecule has 2 aromatic carbocycles. The van der Waals surface area contributed by atoms with Gasteiger partial charge in [-0.3, -0.25) is 9.69 Å². The quantitative estimate of drug-likeness (QED) is 0.151. The van der Waals surface area contributed by atoms with Gasteiger partial charge in [-0.2, -0.15) is 0 Å². The summed E-state index contributed by atoms with van der Waals surface area (Å²) >= 11 is 0. The van der Waals surface area contributed by atoms with E-state index in [0.29, 0.717) is 134 Å². The van der Waals surface area contributed by atoms with Crippen molar-refractivity contribution >= 4 is 104 Å². The average Bonchev–Trinajstić information content (AvgIpc) is 4.29. The Morgan fingerprint density at radius 2 is 1.07 bits per heavy atom. The topological polar surface area (TPSA) is 249 Å². The summed E-state index contributed by atoms with van der Waals surface area (Å²) in [6, 6.07) is 20.0. The van der Waals surface area contributed by atoms with Gasteiger partial charge >= 0.3 is 0 Å². The lowest BCUT2D eigenvalue weighted by atomic mass is 10.1. The van der Waals surface area contributed by atoms with Gasteiger partial charge in [-0.1, -0.05) is 30.7 Å². The lowest BCUT2D eigenvalue weighted by molar-refractivity contribution is 0.112. The summed E-state index contributed by atoms with van der Waals surface area (Å²) < 4.78 is 68.4. The normalized spacial score (nSPS) is 18.1. The number of aldehydes is 1. The van der Waals surface area contributed by atoms with Crippen molar-refractivity contribution in [1.29, 1.82) is 0 Å². The molecule has 0 amide bonds. The minimum absolute atomic E-state index is 0.196. The van der Waals surface area contributed by atoms with Gasteiger partial charge in [0.25, 0.3) is 0 Å². The maximum absolute atomic E-state index is 11.8. The average molecular weight is 1050 g/mol. The van der Waals surface area contributed by atoms with Crippen molar-refractivity contribution in [3.63, 3.8) is 0 Å². The van der Waals surface area contributed by atoms with Gasteiger partial charge in [0.2, 0.25) is 11.4 Å². The van der Waals surface area contributed by atoms with Crippen LogP contribution in [-0.2, 0) is 35.7 Å². The van der Waals surface area contributed by atoms with Crippen molar-refractivity contribution in [2.75, 3.05) is 98.5 Å². The summed E-state index contributed by atoms with van der Waals surface area (Å²) in [5.41, 5.74) is 8.93. The predicted octanol–water partition coefficient (Wildman–Crippen LogP) is 7.14. The second-order valence-electron chi connectivity index (χ2n) is 19.1. The van der Waals surface area contributed by atoms with Crippen LogP contribution in [0.1, 0.15) is 35.2 Å². The van der Waals surface area contributed by atoms with E-state index in [1.165, 1.54) is 6.20 Å². The van der Waals surface area contributed by atoms with Crippen molar-refractivity contribution in [3.05, 3.63) is 96.6 Å². The number of aromatic amines is 2. The van der Waals surface area contributed by atoms with Crippen LogP contribution in [-0.4, -0.2) is 157 Å². The molecule has 4 aliphatic rings. The molecule has 12 heterocycles. The molecule has 0 atom stereocenters. The molecule has 10 aromatic rings. The number of hydrogen-bond acceptors (Lipinski definition) is 18. The summed E-state index contributed by atoms with van der Waals surface area (Å²) in [6.07, 6.45) is 10.8. The lowest BCUT2D eigenvalue weighted by Gasteiger charge is -2.27. The number of hydrogen-bond donors (Lipinski definition) is 2. The Kier molecular flexibility index (Phi) is 13.2. The largest absolute Gasteiger partial charge is 0.432 e. The number of aromatic nitrogens is 8. The Balaban J connectivity index is 0.000000134. The molecule has 75 heavy (non-hydrogen) atoms. The van der Waals surface area contributed by atoms with Crippen molar-refractivity contribution in [2.45, 2.75) is 25.8 Å².